The van der Waals surface area contributed by atoms with E-state index in [1.165, 1.54) is 18.2 Å². The lowest BCUT2D eigenvalue weighted by Crippen LogP contribution is -2.05. The first-order valence-electron chi connectivity index (χ1n) is 9.30. The van der Waals surface area contributed by atoms with Gasteiger partial charge in [0, 0.05) is 17.7 Å². The molecule has 3 aromatic carbocycles. The predicted octanol–water partition coefficient (Wildman–Crippen LogP) is 4.43. The van der Waals surface area contributed by atoms with Crippen LogP contribution < -0.4 is 5.63 Å². The van der Waals surface area contributed by atoms with E-state index in [4.69, 9.17) is 4.42 Å². The number of benzene rings is 3. The second kappa shape index (κ2) is 7.75. The van der Waals surface area contributed by atoms with Crippen molar-refractivity contribution in [1.82, 2.24) is 0 Å². The van der Waals surface area contributed by atoms with Crippen LogP contribution in [0.1, 0.15) is 28.3 Å². The maximum atomic E-state index is 12.0. The van der Waals surface area contributed by atoms with Gasteiger partial charge in [-0.2, -0.15) is 0 Å². The van der Waals surface area contributed by atoms with Crippen LogP contribution in [-0.2, 0) is 0 Å². The highest BCUT2D eigenvalue weighted by Gasteiger charge is 2.22. The first kappa shape index (κ1) is 19.3. The fourth-order valence-corrected chi connectivity index (χ4v) is 3.36. The van der Waals surface area contributed by atoms with Crippen LogP contribution in [-0.4, -0.2) is 21.5 Å². The van der Waals surface area contributed by atoms with Crippen LogP contribution in [0.2, 0.25) is 0 Å². The first-order valence-corrected chi connectivity index (χ1v) is 9.30. The van der Waals surface area contributed by atoms with Gasteiger partial charge in [0.25, 0.3) is 0 Å². The molecule has 30 heavy (non-hydrogen) atoms. The number of hydrogen-bond donors (Lipinski definition) is 3. The fraction of sp³-hybridized carbons (Fsp3) is 0.0833. The zero-order valence-electron chi connectivity index (χ0n) is 16.1. The van der Waals surface area contributed by atoms with E-state index in [0.29, 0.717) is 16.5 Å². The lowest BCUT2D eigenvalue weighted by molar-refractivity contribution is 0.461. The van der Waals surface area contributed by atoms with Crippen LogP contribution in [0.25, 0.3) is 11.0 Å². The molecule has 4 aromatic rings. The highest BCUT2D eigenvalue weighted by atomic mass is 16.4. The second-order valence-electron chi connectivity index (χ2n) is 6.99. The summed E-state index contributed by atoms with van der Waals surface area (Å²) in [6.07, 6.45) is 1.61. The largest absolute Gasteiger partial charge is 0.508 e. The van der Waals surface area contributed by atoms with Crippen LogP contribution in [0.4, 0.5) is 0 Å². The van der Waals surface area contributed by atoms with E-state index in [0.717, 1.165) is 11.1 Å². The van der Waals surface area contributed by atoms with Gasteiger partial charge in [0.05, 0.1) is 5.56 Å². The third-order valence-electron chi connectivity index (χ3n) is 4.88. The monoisotopic (exact) mass is 401 g/mol. The van der Waals surface area contributed by atoms with E-state index in [2.05, 4.69) is 4.99 Å². The molecule has 4 rings (SSSR count). The van der Waals surface area contributed by atoms with Gasteiger partial charge >= 0.3 is 5.63 Å². The number of aryl methyl sites for hydroxylation is 1. The number of aromatic hydroxyl groups is 3. The summed E-state index contributed by atoms with van der Waals surface area (Å²) in [6, 6.07) is 16.9. The summed E-state index contributed by atoms with van der Waals surface area (Å²) in [5, 5.41) is 30.5. The molecule has 150 valence electrons. The molecule has 0 saturated heterocycles. The Balaban J connectivity index is 1.94. The summed E-state index contributed by atoms with van der Waals surface area (Å²) in [5.74, 6) is 0.188. The minimum absolute atomic E-state index is 0.0582. The Kier molecular flexibility index (Phi) is 4.98. The van der Waals surface area contributed by atoms with Crippen molar-refractivity contribution < 1.29 is 19.7 Å². The van der Waals surface area contributed by atoms with Crippen molar-refractivity contribution in [3.05, 3.63) is 99.4 Å². The van der Waals surface area contributed by atoms with Crippen molar-refractivity contribution in [2.24, 2.45) is 4.99 Å². The molecule has 1 aromatic heterocycles. The summed E-state index contributed by atoms with van der Waals surface area (Å²) >= 11 is 0. The molecule has 3 N–H and O–H groups in total. The molecule has 0 bridgehead atoms. The molecule has 0 aliphatic carbocycles. The van der Waals surface area contributed by atoms with Gasteiger partial charge in [-0.15, -0.1) is 0 Å². The minimum atomic E-state index is -0.701. The van der Waals surface area contributed by atoms with Crippen molar-refractivity contribution in [2.45, 2.75) is 13.0 Å². The van der Waals surface area contributed by atoms with Gasteiger partial charge in [0.15, 0.2) is 0 Å². The SMILES string of the molecule is Cc1cc(=O)oc2c(C(N=Cc3ccc(O)cc3)c3ccc(O)cc3)c(O)ccc12. The van der Waals surface area contributed by atoms with E-state index < -0.39 is 11.7 Å². The Labute approximate surface area is 172 Å². The zero-order valence-corrected chi connectivity index (χ0v) is 16.1. The number of phenolic OH excluding ortho intramolecular Hbond substituents is 3. The summed E-state index contributed by atoms with van der Waals surface area (Å²) in [7, 11) is 0. The molecule has 6 nitrogen and oxygen atoms in total. The Morgan fingerprint density at radius 3 is 2.20 bits per heavy atom. The lowest BCUT2D eigenvalue weighted by Gasteiger charge is -2.17. The minimum Gasteiger partial charge on any atom is -0.508 e. The highest BCUT2D eigenvalue weighted by molar-refractivity contribution is 5.87. The molecule has 6 heteroatoms. The van der Waals surface area contributed by atoms with Gasteiger partial charge < -0.3 is 19.7 Å². The van der Waals surface area contributed by atoms with Gasteiger partial charge in [-0.25, -0.2) is 4.79 Å². The molecule has 0 spiro atoms. The average Bonchev–Trinajstić information content (AvgIpc) is 2.71. The summed E-state index contributed by atoms with van der Waals surface area (Å²) in [4.78, 5) is 16.7. The van der Waals surface area contributed by atoms with Crippen LogP contribution in [0.5, 0.6) is 17.2 Å². The maximum absolute atomic E-state index is 12.0. The summed E-state index contributed by atoms with van der Waals surface area (Å²) in [5.41, 5.74) is 2.27. The van der Waals surface area contributed by atoms with Gasteiger partial charge in [0.2, 0.25) is 0 Å². The Bertz CT molecular complexity index is 1290. The van der Waals surface area contributed by atoms with Gasteiger partial charge in [-0.1, -0.05) is 12.1 Å². The normalized spacial score (nSPS) is 12.4. The van der Waals surface area contributed by atoms with Crippen LogP contribution in [0.3, 0.4) is 0 Å². The molecular weight excluding hydrogens is 382 g/mol. The molecule has 1 heterocycles. The molecule has 0 amide bonds. The molecule has 0 saturated carbocycles. The predicted molar refractivity (Wildman–Crippen MR) is 115 cm³/mol. The Hall–Kier alpha value is -4.06. The number of rotatable bonds is 4. The van der Waals surface area contributed by atoms with E-state index in [1.54, 1.807) is 61.7 Å². The lowest BCUT2D eigenvalue weighted by atomic mass is 9.95. The number of phenols is 3. The third-order valence-corrected chi connectivity index (χ3v) is 4.88. The quantitative estimate of drug-likeness (QED) is 0.347. The van der Waals surface area contributed by atoms with Crippen LogP contribution >= 0.6 is 0 Å². The molecule has 1 unspecified atom stereocenters. The molecular formula is C24H19NO5. The summed E-state index contributed by atoms with van der Waals surface area (Å²) < 4.78 is 5.48. The molecule has 0 aliphatic heterocycles. The van der Waals surface area contributed by atoms with Crippen LogP contribution in [0.15, 0.2) is 80.9 Å². The third kappa shape index (κ3) is 3.75. The summed E-state index contributed by atoms with van der Waals surface area (Å²) in [6.45, 7) is 1.80. The van der Waals surface area contributed by atoms with Crippen molar-refractivity contribution >= 4 is 17.2 Å². The van der Waals surface area contributed by atoms with Crippen LogP contribution in [0, 0.1) is 6.92 Å². The van der Waals surface area contributed by atoms with Gasteiger partial charge in [0.1, 0.15) is 28.9 Å². The fourth-order valence-electron chi connectivity index (χ4n) is 3.36. The number of nitrogens with zero attached hydrogens (tertiary/aromatic N) is 1. The smallest absolute Gasteiger partial charge is 0.336 e. The average molecular weight is 401 g/mol. The van der Waals surface area contributed by atoms with E-state index >= 15 is 0 Å². The second-order valence-corrected chi connectivity index (χ2v) is 6.99. The van der Waals surface area contributed by atoms with E-state index in [-0.39, 0.29) is 22.8 Å². The van der Waals surface area contributed by atoms with E-state index in [9.17, 15) is 20.1 Å². The van der Waals surface area contributed by atoms with Crippen molar-refractivity contribution in [1.29, 1.82) is 0 Å². The zero-order chi connectivity index (χ0) is 21.3. The maximum Gasteiger partial charge on any atom is 0.336 e. The highest BCUT2D eigenvalue weighted by Crippen LogP contribution is 2.38. The Morgan fingerprint density at radius 2 is 1.53 bits per heavy atom. The topological polar surface area (TPSA) is 103 Å². The molecule has 1 atom stereocenters. The molecule has 0 radical (unpaired) electrons. The van der Waals surface area contributed by atoms with E-state index in [1.807, 2.05) is 0 Å². The van der Waals surface area contributed by atoms with Gasteiger partial charge in [-0.05, 0) is 72.1 Å². The number of fused-ring (bicyclic) bond motifs is 1. The number of aliphatic imine (C=N–C) groups is 1. The van der Waals surface area contributed by atoms with Crippen molar-refractivity contribution in [3.63, 3.8) is 0 Å². The first-order chi connectivity index (χ1) is 14.4. The number of hydrogen-bond acceptors (Lipinski definition) is 6. The van der Waals surface area contributed by atoms with Gasteiger partial charge in [-0.3, -0.25) is 4.99 Å². The molecule has 0 aliphatic rings. The molecule has 0 fully saturated rings. The Morgan fingerprint density at radius 1 is 0.900 bits per heavy atom. The van der Waals surface area contributed by atoms with Crippen molar-refractivity contribution in [3.8, 4) is 17.2 Å². The van der Waals surface area contributed by atoms with Crippen molar-refractivity contribution in [2.75, 3.05) is 0 Å². The standard InChI is InChI=1S/C24H19NO5/c1-14-12-21(29)30-24-19(14)10-11-20(28)22(24)23(16-4-8-18(27)9-5-16)25-13-15-2-6-17(26)7-3-15/h2-13,23,26-28H,1H3.